The van der Waals surface area contributed by atoms with Crippen LogP contribution in [0, 0.1) is 0 Å². The maximum atomic E-state index is 11.4. The number of sulfone groups is 1. The van der Waals surface area contributed by atoms with Gasteiger partial charge < -0.3 is 11.1 Å². The van der Waals surface area contributed by atoms with E-state index >= 15 is 0 Å². The minimum Gasteiger partial charge on any atom is -0.368 e. The van der Waals surface area contributed by atoms with Crippen molar-refractivity contribution in [1.82, 2.24) is 14.8 Å². The number of aromatic nitrogens is 3. The van der Waals surface area contributed by atoms with E-state index in [0.717, 1.165) is 0 Å². The molecule has 0 atom stereocenters. The Balaban J connectivity index is 2.74. The number of nitrogens with zero attached hydrogens (tertiary/aromatic N) is 3. The summed E-state index contributed by atoms with van der Waals surface area (Å²) in [5.41, 5.74) is 5.51. The van der Waals surface area contributed by atoms with Gasteiger partial charge in [0.25, 0.3) is 0 Å². The quantitative estimate of drug-likeness (QED) is 0.811. The van der Waals surface area contributed by atoms with Crippen molar-refractivity contribution in [2.24, 2.45) is 0 Å². The summed E-state index contributed by atoms with van der Waals surface area (Å²) in [5.74, 6) is 0.766. The first-order valence-corrected chi connectivity index (χ1v) is 7.64. The van der Waals surface area contributed by atoms with E-state index in [1.54, 1.807) is 6.92 Å². The van der Waals surface area contributed by atoms with Gasteiger partial charge in [0.1, 0.15) is 0 Å². The molecule has 0 aliphatic heterocycles. The number of hydrogen-bond acceptors (Lipinski definition) is 6. The van der Waals surface area contributed by atoms with Gasteiger partial charge >= 0.3 is 0 Å². The van der Waals surface area contributed by atoms with E-state index in [0.29, 0.717) is 5.95 Å². The maximum Gasteiger partial charge on any atom is 0.244 e. The van der Waals surface area contributed by atoms with Crippen molar-refractivity contribution in [2.45, 2.75) is 39.8 Å². The molecular formula is C10H21N5O2S. The first-order chi connectivity index (χ1) is 8.13. The molecule has 0 aromatic carbocycles. The van der Waals surface area contributed by atoms with Gasteiger partial charge in [-0.25, -0.2) is 13.1 Å². The first kappa shape index (κ1) is 14.7. The third kappa shape index (κ3) is 4.52. The molecule has 0 saturated heterocycles. The number of nitrogen functional groups attached to an aromatic ring is 1. The topological polar surface area (TPSA) is 103 Å². The monoisotopic (exact) mass is 275 g/mol. The smallest absolute Gasteiger partial charge is 0.244 e. The van der Waals surface area contributed by atoms with E-state index in [1.807, 2.05) is 20.8 Å². The van der Waals surface area contributed by atoms with Crippen LogP contribution < -0.4 is 11.1 Å². The van der Waals surface area contributed by atoms with Gasteiger partial charge in [-0.1, -0.05) is 6.92 Å². The molecule has 0 saturated carbocycles. The minimum absolute atomic E-state index is 0.0199. The van der Waals surface area contributed by atoms with Crippen molar-refractivity contribution < 1.29 is 8.42 Å². The summed E-state index contributed by atoms with van der Waals surface area (Å²) in [7, 11) is -3.02. The Bertz CT molecular complexity index is 501. The largest absolute Gasteiger partial charge is 0.368 e. The van der Waals surface area contributed by atoms with Gasteiger partial charge in [0.05, 0.1) is 12.3 Å². The van der Waals surface area contributed by atoms with Crippen molar-refractivity contribution in [3.05, 3.63) is 0 Å². The van der Waals surface area contributed by atoms with Gasteiger partial charge in [-0.2, -0.15) is 4.98 Å². The Hall–Kier alpha value is -1.31. The van der Waals surface area contributed by atoms with Crippen molar-refractivity contribution in [3.8, 4) is 0 Å². The van der Waals surface area contributed by atoms with Crippen molar-refractivity contribution in [2.75, 3.05) is 22.6 Å². The SMILES string of the molecule is CCS(=O)(=O)CCn1nc(NC(C)(C)C)nc1N. The highest BCUT2D eigenvalue weighted by molar-refractivity contribution is 7.91. The normalized spacial score (nSPS) is 12.7. The highest BCUT2D eigenvalue weighted by atomic mass is 32.2. The average molecular weight is 275 g/mol. The van der Waals surface area contributed by atoms with Crippen LogP contribution in [0.3, 0.4) is 0 Å². The lowest BCUT2D eigenvalue weighted by molar-refractivity contribution is 0.581. The maximum absolute atomic E-state index is 11.4. The van der Waals surface area contributed by atoms with E-state index in [4.69, 9.17) is 5.73 Å². The summed E-state index contributed by atoms with van der Waals surface area (Å²) in [5, 5.41) is 7.22. The molecule has 0 fully saturated rings. The fraction of sp³-hybridized carbons (Fsp3) is 0.800. The number of aryl methyl sites for hydroxylation is 1. The summed E-state index contributed by atoms with van der Waals surface area (Å²) in [4.78, 5) is 4.05. The first-order valence-electron chi connectivity index (χ1n) is 5.82. The molecule has 8 heteroatoms. The van der Waals surface area contributed by atoms with Gasteiger partial charge in [-0.15, -0.1) is 5.10 Å². The van der Waals surface area contributed by atoms with E-state index in [-0.39, 0.29) is 29.5 Å². The number of hydrogen-bond donors (Lipinski definition) is 2. The van der Waals surface area contributed by atoms with E-state index in [1.165, 1.54) is 4.68 Å². The number of anilines is 2. The van der Waals surface area contributed by atoms with Crippen LogP contribution in [0.25, 0.3) is 0 Å². The molecule has 104 valence electrons. The molecule has 0 radical (unpaired) electrons. The Morgan fingerprint density at radius 3 is 2.50 bits per heavy atom. The van der Waals surface area contributed by atoms with Gasteiger partial charge in [-0.05, 0) is 20.8 Å². The van der Waals surface area contributed by atoms with Crippen molar-refractivity contribution in [3.63, 3.8) is 0 Å². The molecular weight excluding hydrogens is 254 g/mol. The molecule has 1 rings (SSSR count). The van der Waals surface area contributed by atoms with Crippen LogP contribution in [-0.4, -0.2) is 40.2 Å². The fourth-order valence-electron chi connectivity index (χ4n) is 1.28. The average Bonchev–Trinajstić information content (AvgIpc) is 2.53. The van der Waals surface area contributed by atoms with Gasteiger partial charge in [0.2, 0.25) is 11.9 Å². The number of rotatable bonds is 5. The molecule has 0 aliphatic carbocycles. The minimum atomic E-state index is -3.02. The third-order valence-electron chi connectivity index (χ3n) is 2.24. The Morgan fingerprint density at radius 1 is 1.39 bits per heavy atom. The van der Waals surface area contributed by atoms with Crippen LogP contribution >= 0.6 is 0 Å². The Kier molecular flexibility index (Phi) is 4.20. The molecule has 0 aliphatic rings. The molecule has 0 unspecified atom stereocenters. The molecule has 0 spiro atoms. The second-order valence-electron chi connectivity index (χ2n) is 5.13. The predicted molar refractivity (Wildman–Crippen MR) is 72.1 cm³/mol. The van der Waals surface area contributed by atoms with Gasteiger partial charge in [0, 0.05) is 11.3 Å². The van der Waals surface area contributed by atoms with Crippen LogP contribution in [0.5, 0.6) is 0 Å². The summed E-state index contributed by atoms with van der Waals surface area (Å²) in [6, 6.07) is 0. The van der Waals surface area contributed by atoms with E-state index < -0.39 is 9.84 Å². The molecule has 1 aromatic rings. The van der Waals surface area contributed by atoms with Crippen molar-refractivity contribution in [1.29, 1.82) is 0 Å². The van der Waals surface area contributed by atoms with Gasteiger partial charge in [-0.3, -0.25) is 0 Å². The summed E-state index contributed by atoms with van der Waals surface area (Å²) in [6.07, 6.45) is 0. The molecule has 0 bridgehead atoms. The summed E-state index contributed by atoms with van der Waals surface area (Å²) < 4.78 is 24.2. The molecule has 0 amide bonds. The molecule has 7 nitrogen and oxygen atoms in total. The molecule has 1 heterocycles. The van der Waals surface area contributed by atoms with E-state index in [9.17, 15) is 8.42 Å². The Morgan fingerprint density at radius 2 is 2.00 bits per heavy atom. The number of nitrogens with two attached hydrogens (primary N) is 1. The standard InChI is InChI=1S/C10H21N5O2S/c1-5-18(16,17)7-6-15-8(11)12-9(14-15)13-10(2,3)4/h5-7H2,1-4H3,(H3,11,12,13,14). The second kappa shape index (κ2) is 5.13. The molecule has 18 heavy (non-hydrogen) atoms. The zero-order valence-electron chi connectivity index (χ0n) is 11.3. The summed E-state index contributed by atoms with van der Waals surface area (Å²) >= 11 is 0. The van der Waals surface area contributed by atoms with E-state index in [2.05, 4.69) is 15.4 Å². The highest BCUT2D eigenvalue weighted by Crippen LogP contribution is 2.12. The number of nitrogens with one attached hydrogen (secondary N) is 1. The van der Waals surface area contributed by atoms with Crippen LogP contribution in [0.1, 0.15) is 27.7 Å². The zero-order chi connectivity index (χ0) is 14.0. The lowest BCUT2D eigenvalue weighted by Gasteiger charge is -2.18. The summed E-state index contributed by atoms with van der Waals surface area (Å²) in [6.45, 7) is 7.77. The highest BCUT2D eigenvalue weighted by Gasteiger charge is 2.15. The molecule has 3 N–H and O–H groups in total. The molecule has 1 aromatic heterocycles. The van der Waals surface area contributed by atoms with Crippen molar-refractivity contribution >= 4 is 21.7 Å². The third-order valence-corrected chi connectivity index (χ3v) is 3.93. The lowest BCUT2D eigenvalue weighted by atomic mass is 10.1. The van der Waals surface area contributed by atoms with Crippen LogP contribution in [0.2, 0.25) is 0 Å². The predicted octanol–water partition coefficient (Wildman–Crippen LogP) is 0.505. The van der Waals surface area contributed by atoms with Crippen LogP contribution in [0.15, 0.2) is 0 Å². The zero-order valence-corrected chi connectivity index (χ0v) is 12.1. The van der Waals surface area contributed by atoms with Gasteiger partial charge in [0.15, 0.2) is 9.84 Å². The Labute approximate surface area is 108 Å². The lowest BCUT2D eigenvalue weighted by Crippen LogP contribution is -2.27. The second-order valence-corrected chi connectivity index (χ2v) is 7.60. The van der Waals surface area contributed by atoms with Crippen LogP contribution in [-0.2, 0) is 16.4 Å². The fourth-order valence-corrected chi connectivity index (χ4v) is 2.02. The van der Waals surface area contributed by atoms with Crippen LogP contribution in [0.4, 0.5) is 11.9 Å².